The van der Waals surface area contributed by atoms with Crippen LogP contribution in [0.1, 0.15) is 16.7 Å². The highest BCUT2D eigenvalue weighted by molar-refractivity contribution is 6.30. The minimum absolute atomic E-state index is 0.462. The molecule has 20 heavy (non-hydrogen) atoms. The Morgan fingerprint density at radius 1 is 1.10 bits per heavy atom. The molecule has 0 bridgehead atoms. The van der Waals surface area contributed by atoms with Crippen LogP contribution in [0.25, 0.3) is 11.0 Å². The van der Waals surface area contributed by atoms with Crippen molar-refractivity contribution in [2.24, 2.45) is 0 Å². The summed E-state index contributed by atoms with van der Waals surface area (Å²) in [5.41, 5.74) is 5.45. The summed E-state index contributed by atoms with van der Waals surface area (Å²) in [6.07, 6.45) is 0. The van der Waals surface area contributed by atoms with Gasteiger partial charge in [0.1, 0.15) is 5.58 Å². The summed E-state index contributed by atoms with van der Waals surface area (Å²) in [6.45, 7) is 4.85. The van der Waals surface area contributed by atoms with Gasteiger partial charge in [-0.1, -0.05) is 35.9 Å². The van der Waals surface area contributed by atoms with Crippen molar-refractivity contribution < 1.29 is 4.42 Å². The van der Waals surface area contributed by atoms with E-state index in [9.17, 15) is 0 Å². The van der Waals surface area contributed by atoms with Crippen molar-refractivity contribution in [1.82, 2.24) is 0 Å². The monoisotopic (exact) mass is 285 g/mol. The lowest BCUT2D eigenvalue weighted by Gasteiger charge is -2.09. The van der Waals surface area contributed by atoms with Crippen LogP contribution in [0.4, 0.5) is 5.69 Å². The van der Waals surface area contributed by atoms with Crippen LogP contribution in [0.15, 0.2) is 46.9 Å². The summed E-state index contributed by atoms with van der Waals surface area (Å²) in [6, 6.07) is 14.3. The lowest BCUT2D eigenvalue weighted by atomic mass is 10.1. The molecule has 2 aromatic carbocycles. The number of fused-ring (bicyclic) bond motifs is 1. The van der Waals surface area contributed by atoms with Crippen LogP contribution in [0, 0.1) is 13.8 Å². The Morgan fingerprint density at radius 3 is 2.70 bits per heavy atom. The fourth-order valence-corrected chi connectivity index (χ4v) is 2.68. The summed E-state index contributed by atoms with van der Waals surface area (Å²) in [5.74, 6) is 0. The number of benzene rings is 2. The summed E-state index contributed by atoms with van der Waals surface area (Å²) in [5, 5.41) is 4.96. The maximum absolute atomic E-state index is 6.19. The van der Waals surface area contributed by atoms with Gasteiger partial charge in [0.25, 0.3) is 0 Å². The Balaban J connectivity index is 1.88. The van der Waals surface area contributed by atoms with Crippen LogP contribution in [0.5, 0.6) is 0 Å². The molecule has 0 atom stereocenters. The van der Waals surface area contributed by atoms with Crippen molar-refractivity contribution in [1.29, 1.82) is 0 Å². The van der Waals surface area contributed by atoms with Crippen LogP contribution in [-0.4, -0.2) is 0 Å². The van der Waals surface area contributed by atoms with Gasteiger partial charge in [-0.15, -0.1) is 0 Å². The number of para-hydroxylation sites is 1. The van der Waals surface area contributed by atoms with E-state index in [4.69, 9.17) is 16.0 Å². The molecule has 3 heteroatoms. The molecule has 0 radical (unpaired) electrons. The van der Waals surface area contributed by atoms with Gasteiger partial charge in [0.15, 0.2) is 5.22 Å². The molecule has 0 aliphatic carbocycles. The van der Waals surface area contributed by atoms with Crippen LogP contribution in [0.3, 0.4) is 0 Å². The second-order valence-corrected chi connectivity index (χ2v) is 5.37. The number of anilines is 1. The normalized spacial score (nSPS) is 10.9. The second-order valence-electron chi connectivity index (χ2n) is 5.02. The second kappa shape index (κ2) is 5.22. The van der Waals surface area contributed by atoms with E-state index < -0.39 is 0 Å². The van der Waals surface area contributed by atoms with Gasteiger partial charge in [-0.2, -0.15) is 0 Å². The number of furan rings is 1. The SMILES string of the molecule is Cc1ccc(NCc2c(Cl)oc3ccccc23)c(C)c1. The number of nitrogens with one attached hydrogen (secondary N) is 1. The average Bonchev–Trinajstić information content (AvgIpc) is 2.74. The molecule has 3 aromatic rings. The maximum atomic E-state index is 6.19. The summed E-state index contributed by atoms with van der Waals surface area (Å²) < 4.78 is 5.56. The van der Waals surface area contributed by atoms with Crippen LogP contribution in [-0.2, 0) is 6.54 Å². The standard InChI is InChI=1S/C17H16ClNO/c1-11-7-8-15(12(2)9-11)19-10-14-13-5-3-4-6-16(13)20-17(14)18/h3-9,19H,10H2,1-2H3. The summed E-state index contributed by atoms with van der Waals surface area (Å²) in [4.78, 5) is 0. The average molecular weight is 286 g/mol. The zero-order chi connectivity index (χ0) is 14.1. The Bertz CT molecular complexity index is 761. The molecule has 102 valence electrons. The van der Waals surface area contributed by atoms with Gasteiger partial charge in [0.05, 0.1) is 0 Å². The Morgan fingerprint density at radius 2 is 1.90 bits per heavy atom. The molecule has 0 saturated heterocycles. The molecule has 1 aromatic heterocycles. The van der Waals surface area contributed by atoms with Gasteiger partial charge in [0, 0.05) is 23.2 Å². The van der Waals surface area contributed by atoms with E-state index in [1.54, 1.807) is 0 Å². The molecular formula is C17H16ClNO. The number of hydrogen-bond acceptors (Lipinski definition) is 2. The first-order valence-corrected chi connectivity index (χ1v) is 7.00. The molecule has 1 heterocycles. The van der Waals surface area contributed by atoms with Gasteiger partial charge >= 0.3 is 0 Å². The minimum Gasteiger partial charge on any atom is -0.444 e. The molecule has 0 unspecified atom stereocenters. The fraction of sp³-hybridized carbons (Fsp3) is 0.176. The maximum Gasteiger partial charge on any atom is 0.199 e. The zero-order valence-corrected chi connectivity index (χ0v) is 12.3. The number of rotatable bonds is 3. The molecule has 0 saturated carbocycles. The van der Waals surface area contributed by atoms with Crippen LogP contribution < -0.4 is 5.32 Å². The first-order chi connectivity index (χ1) is 9.65. The third kappa shape index (κ3) is 2.39. The molecular weight excluding hydrogens is 270 g/mol. The quantitative estimate of drug-likeness (QED) is 0.705. The van der Waals surface area contributed by atoms with Gasteiger partial charge in [-0.25, -0.2) is 0 Å². The largest absolute Gasteiger partial charge is 0.444 e. The predicted molar refractivity (Wildman–Crippen MR) is 84.5 cm³/mol. The predicted octanol–water partition coefficient (Wildman–Crippen LogP) is 5.32. The topological polar surface area (TPSA) is 25.2 Å². The Kier molecular flexibility index (Phi) is 3.41. The number of halogens is 1. The number of aryl methyl sites for hydroxylation is 2. The molecule has 0 spiro atoms. The van der Waals surface area contributed by atoms with E-state index in [2.05, 4.69) is 37.4 Å². The first-order valence-electron chi connectivity index (χ1n) is 6.62. The van der Waals surface area contributed by atoms with Crippen LogP contribution >= 0.6 is 11.6 Å². The van der Waals surface area contributed by atoms with Crippen LogP contribution in [0.2, 0.25) is 5.22 Å². The molecule has 1 N–H and O–H groups in total. The highest BCUT2D eigenvalue weighted by Crippen LogP contribution is 2.30. The lowest BCUT2D eigenvalue weighted by molar-refractivity contribution is 0.613. The van der Waals surface area contributed by atoms with Gasteiger partial charge in [0.2, 0.25) is 0 Å². The highest BCUT2D eigenvalue weighted by atomic mass is 35.5. The molecule has 0 aliphatic rings. The Hall–Kier alpha value is -1.93. The summed E-state index contributed by atoms with van der Waals surface area (Å²) >= 11 is 6.19. The highest BCUT2D eigenvalue weighted by Gasteiger charge is 2.11. The van der Waals surface area contributed by atoms with Crippen molar-refractivity contribution in [2.75, 3.05) is 5.32 Å². The van der Waals surface area contributed by atoms with E-state index in [1.165, 1.54) is 11.1 Å². The first kappa shape index (κ1) is 13.1. The van der Waals surface area contributed by atoms with Crippen molar-refractivity contribution in [3.8, 4) is 0 Å². The van der Waals surface area contributed by atoms with Crippen molar-refractivity contribution in [3.63, 3.8) is 0 Å². The van der Waals surface area contributed by atoms with E-state index >= 15 is 0 Å². The van der Waals surface area contributed by atoms with Gasteiger partial charge in [-0.3, -0.25) is 0 Å². The van der Waals surface area contributed by atoms with Crippen molar-refractivity contribution in [3.05, 3.63) is 64.4 Å². The molecule has 3 rings (SSSR count). The van der Waals surface area contributed by atoms with Crippen molar-refractivity contribution in [2.45, 2.75) is 20.4 Å². The molecule has 0 fully saturated rings. The van der Waals surface area contributed by atoms with Crippen molar-refractivity contribution >= 4 is 28.3 Å². The molecule has 2 nitrogen and oxygen atoms in total. The van der Waals surface area contributed by atoms with E-state index in [0.717, 1.165) is 22.2 Å². The van der Waals surface area contributed by atoms with Gasteiger partial charge in [-0.05, 0) is 43.1 Å². The minimum atomic E-state index is 0.462. The van der Waals surface area contributed by atoms with E-state index in [1.807, 2.05) is 24.3 Å². The van der Waals surface area contributed by atoms with E-state index in [0.29, 0.717) is 11.8 Å². The fourth-order valence-electron chi connectivity index (χ4n) is 2.43. The van der Waals surface area contributed by atoms with Gasteiger partial charge < -0.3 is 9.73 Å². The molecule has 0 amide bonds. The summed E-state index contributed by atoms with van der Waals surface area (Å²) in [7, 11) is 0. The third-order valence-corrected chi connectivity index (χ3v) is 3.79. The Labute approximate surface area is 123 Å². The molecule has 0 aliphatic heterocycles. The lowest BCUT2D eigenvalue weighted by Crippen LogP contribution is -2.01. The smallest absolute Gasteiger partial charge is 0.199 e. The zero-order valence-electron chi connectivity index (χ0n) is 11.5. The van der Waals surface area contributed by atoms with E-state index in [-0.39, 0.29) is 0 Å². The number of hydrogen-bond donors (Lipinski definition) is 1. The third-order valence-electron chi connectivity index (χ3n) is 3.49.